The maximum atomic E-state index is 13.1. The van der Waals surface area contributed by atoms with Crippen LogP contribution in [0.1, 0.15) is 61.9 Å². The molecule has 0 radical (unpaired) electrons. The number of hydrogen-bond donors (Lipinski definition) is 1. The summed E-state index contributed by atoms with van der Waals surface area (Å²) < 4.78 is 12.2. The number of benzene rings is 2. The predicted octanol–water partition coefficient (Wildman–Crippen LogP) is 5.19. The Morgan fingerprint density at radius 3 is 2.57 bits per heavy atom. The van der Waals surface area contributed by atoms with E-state index in [1.807, 2.05) is 51.1 Å². The van der Waals surface area contributed by atoms with Crippen molar-refractivity contribution < 1.29 is 14.3 Å². The van der Waals surface area contributed by atoms with Crippen LogP contribution in [0.5, 0.6) is 11.5 Å². The van der Waals surface area contributed by atoms with Crippen molar-refractivity contribution in [1.82, 2.24) is 5.32 Å². The van der Waals surface area contributed by atoms with Crippen LogP contribution >= 0.6 is 0 Å². The van der Waals surface area contributed by atoms with E-state index in [2.05, 4.69) is 32.2 Å². The minimum atomic E-state index is -0.528. The summed E-state index contributed by atoms with van der Waals surface area (Å²) in [6.45, 7) is 12.2. The Bertz CT molecular complexity index is 872. The molecule has 1 aliphatic heterocycles. The summed E-state index contributed by atoms with van der Waals surface area (Å²) in [5, 5.41) is 3.22. The molecule has 150 valence electrons. The SMILES string of the molecule is CC[C@@H](Oc1cc(C)ccc1C)C(=O)N[C@H]1CC(C)(C)Oc2ccc(C)cc21. The van der Waals surface area contributed by atoms with Gasteiger partial charge in [-0.05, 0) is 64.3 Å². The van der Waals surface area contributed by atoms with Crippen molar-refractivity contribution >= 4 is 5.91 Å². The van der Waals surface area contributed by atoms with Crippen molar-refractivity contribution in [3.05, 3.63) is 58.7 Å². The molecule has 0 aromatic heterocycles. The molecule has 3 rings (SSSR count). The molecule has 0 fully saturated rings. The molecule has 0 unspecified atom stereocenters. The van der Waals surface area contributed by atoms with Gasteiger partial charge in [-0.25, -0.2) is 0 Å². The Labute approximate surface area is 168 Å². The lowest BCUT2D eigenvalue weighted by atomic mass is 9.88. The molecule has 0 spiro atoms. The molecule has 28 heavy (non-hydrogen) atoms. The highest BCUT2D eigenvalue weighted by molar-refractivity contribution is 5.81. The summed E-state index contributed by atoms with van der Waals surface area (Å²) in [4.78, 5) is 13.1. The summed E-state index contributed by atoms with van der Waals surface area (Å²) in [7, 11) is 0. The molecule has 4 nitrogen and oxygen atoms in total. The van der Waals surface area contributed by atoms with Crippen LogP contribution in [0.2, 0.25) is 0 Å². The Morgan fingerprint density at radius 2 is 1.86 bits per heavy atom. The Kier molecular flexibility index (Phi) is 5.69. The van der Waals surface area contributed by atoms with E-state index in [0.29, 0.717) is 6.42 Å². The zero-order valence-corrected chi connectivity index (χ0v) is 17.8. The maximum Gasteiger partial charge on any atom is 0.261 e. The second-order valence-electron chi connectivity index (χ2n) is 8.45. The van der Waals surface area contributed by atoms with Crippen LogP contribution in [-0.2, 0) is 4.79 Å². The second kappa shape index (κ2) is 7.86. The Morgan fingerprint density at radius 1 is 1.18 bits per heavy atom. The second-order valence-corrected chi connectivity index (χ2v) is 8.45. The first-order valence-corrected chi connectivity index (χ1v) is 10.0. The summed E-state index contributed by atoms with van der Waals surface area (Å²) in [6.07, 6.45) is 0.793. The predicted molar refractivity (Wildman–Crippen MR) is 112 cm³/mol. The third-order valence-corrected chi connectivity index (χ3v) is 5.22. The summed E-state index contributed by atoms with van der Waals surface area (Å²) in [5.41, 5.74) is 4.00. The van der Waals surface area contributed by atoms with E-state index in [1.165, 1.54) is 0 Å². The van der Waals surface area contributed by atoms with E-state index in [-0.39, 0.29) is 17.6 Å². The van der Waals surface area contributed by atoms with Crippen LogP contribution in [-0.4, -0.2) is 17.6 Å². The van der Waals surface area contributed by atoms with Crippen molar-refractivity contribution in [3.8, 4) is 11.5 Å². The highest BCUT2D eigenvalue weighted by Crippen LogP contribution is 2.40. The van der Waals surface area contributed by atoms with Crippen molar-refractivity contribution in [1.29, 1.82) is 0 Å². The molecule has 2 aromatic carbocycles. The lowest BCUT2D eigenvalue weighted by molar-refractivity contribution is -0.129. The van der Waals surface area contributed by atoms with Gasteiger partial charge in [-0.1, -0.05) is 36.8 Å². The summed E-state index contributed by atoms with van der Waals surface area (Å²) in [6, 6.07) is 12.1. The minimum Gasteiger partial charge on any atom is -0.487 e. The van der Waals surface area contributed by atoms with Gasteiger partial charge in [-0.3, -0.25) is 4.79 Å². The van der Waals surface area contributed by atoms with E-state index >= 15 is 0 Å². The number of carbonyl (C=O) groups is 1. The highest BCUT2D eigenvalue weighted by atomic mass is 16.5. The molecule has 1 heterocycles. The smallest absolute Gasteiger partial charge is 0.261 e. The van der Waals surface area contributed by atoms with Gasteiger partial charge in [0.2, 0.25) is 0 Å². The van der Waals surface area contributed by atoms with Crippen LogP contribution in [0, 0.1) is 20.8 Å². The van der Waals surface area contributed by atoms with E-state index in [0.717, 1.165) is 40.2 Å². The average Bonchev–Trinajstić information content (AvgIpc) is 2.62. The molecule has 2 aromatic rings. The van der Waals surface area contributed by atoms with E-state index < -0.39 is 6.10 Å². The largest absolute Gasteiger partial charge is 0.487 e. The third-order valence-electron chi connectivity index (χ3n) is 5.22. The fourth-order valence-electron chi connectivity index (χ4n) is 3.68. The molecule has 0 bridgehead atoms. The molecule has 1 N–H and O–H groups in total. The van der Waals surface area contributed by atoms with Crippen molar-refractivity contribution in [2.24, 2.45) is 0 Å². The first kappa shape index (κ1) is 20.2. The van der Waals surface area contributed by atoms with Crippen LogP contribution in [0.25, 0.3) is 0 Å². The monoisotopic (exact) mass is 381 g/mol. The standard InChI is InChI=1S/C24H31NO3/c1-7-20(27-22-13-16(3)8-10-17(22)4)23(26)25-19-14-24(5,6)28-21-11-9-15(2)12-18(19)21/h8-13,19-20H,7,14H2,1-6H3,(H,25,26)/t19-,20+/m0/s1. The van der Waals surface area contributed by atoms with Crippen LogP contribution in [0.3, 0.4) is 0 Å². The average molecular weight is 382 g/mol. The fourth-order valence-corrected chi connectivity index (χ4v) is 3.68. The normalized spacial score (nSPS) is 18.6. The molecule has 0 aliphatic carbocycles. The topological polar surface area (TPSA) is 47.6 Å². The Hall–Kier alpha value is -2.49. The lowest BCUT2D eigenvalue weighted by Gasteiger charge is -2.38. The molecular formula is C24H31NO3. The van der Waals surface area contributed by atoms with Gasteiger partial charge in [0.1, 0.15) is 17.1 Å². The molecule has 0 saturated heterocycles. The van der Waals surface area contributed by atoms with Gasteiger partial charge in [-0.2, -0.15) is 0 Å². The van der Waals surface area contributed by atoms with Gasteiger partial charge in [-0.15, -0.1) is 0 Å². The quantitative estimate of drug-likeness (QED) is 0.775. The molecule has 0 saturated carbocycles. The van der Waals surface area contributed by atoms with E-state index in [4.69, 9.17) is 9.47 Å². The molecule has 1 aliphatic rings. The first-order chi connectivity index (χ1) is 13.2. The van der Waals surface area contributed by atoms with Crippen LogP contribution in [0.4, 0.5) is 0 Å². The fraction of sp³-hybridized carbons (Fsp3) is 0.458. The van der Waals surface area contributed by atoms with Crippen molar-refractivity contribution in [3.63, 3.8) is 0 Å². The van der Waals surface area contributed by atoms with Gasteiger partial charge in [0, 0.05) is 12.0 Å². The first-order valence-electron chi connectivity index (χ1n) is 10.0. The number of hydrogen-bond acceptors (Lipinski definition) is 3. The molecule has 2 atom stereocenters. The van der Waals surface area contributed by atoms with Gasteiger partial charge < -0.3 is 14.8 Å². The zero-order valence-electron chi connectivity index (χ0n) is 17.8. The van der Waals surface area contributed by atoms with Crippen LogP contribution in [0.15, 0.2) is 36.4 Å². The van der Waals surface area contributed by atoms with Gasteiger partial charge in [0.15, 0.2) is 6.10 Å². The number of carbonyl (C=O) groups excluding carboxylic acids is 1. The highest BCUT2D eigenvalue weighted by Gasteiger charge is 2.35. The molecule has 4 heteroatoms. The van der Waals surface area contributed by atoms with Gasteiger partial charge >= 0.3 is 0 Å². The molecular weight excluding hydrogens is 350 g/mol. The van der Waals surface area contributed by atoms with Gasteiger partial charge in [0.25, 0.3) is 5.91 Å². The zero-order chi connectivity index (χ0) is 20.5. The number of ether oxygens (including phenoxy) is 2. The number of rotatable bonds is 5. The third kappa shape index (κ3) is 4.49. The Balaban J connectivity index is 1.80. The minimum absolute atomic E-state index is 0.0847. The van der Waals surface area contributed by atoms with Crippen LogP contribution < -0.4 is 14.8 Å². The number of aryl methyl sites for hydroxylation is 3. The number of nitrogens with one attached hydrogen (secondary N) is 1. The van der Waals surface area contributed by atoms with Crippen molar-refractivity contribution in [2.45, 2.75) is 72.1 Å². The van der Waals surface area contributed by atoms with E-state index in [1.54, 1.807) is 0 Å². The lowest BCUT2D eigenvalue weighted by Crippen LogP contribution is -2.45. The maximum absolute atomic E-state index is 13.1. The number of fused-ring (bicyclic) bond motifs is 1. The van der Waals surface area contributed by atoms with Gasteiger partial charge in [0.05, 0.1) is 6.04 Å². The summed E-state index contributed by atoms with van der Waals surface area (Å²) >= 11 is 0. The molecule has 1 amide bonds. The van der Waals surface area contributed by atoms with E-state index in [9.17, 15) is 4.79 Å². The van der Waals surface area contributed by atoms with Crippen molar-refractivity contribution in [2.75, 3.05) is 0 Å². The number of amides is 1. The summed E-state index contributed by atoms with van der Waals surface area (Å²) in [5.74, 6) is 1.53.